The Kier molecular flexibility index (Phi) is 3.74. The van der Waals surface area contributed by atoms with Crippen LogP contribution in [0.1, 0.15) is 28.6 Å². The van der Waals surface area contributed by atoms with Crippen LogP contribution in [0.4, 0.5) is 0 Å². The van der Waals surface area contributed by atoms with Gasteiger partial charge in [-0.3, -0.25) is 4.79 Å². The summed E-state index contributed by atoms with van der Waals surface area (Å²) in [5.41, 5.74) is 0.199. The fraction of sp³-hybridized carbons (Fsp3) is 0.333. The quantitative estimate of drug-likeness (QED) is 0.794. The lowest BCUT2D eigenvalue weighted by Gasteiger charge is -2.17. The molecule has 1 aromatic heterocycles. The number of furan rings is 1. The van der Waals surface area contributed by atoms with Gasteiger partial charge in [0, 0.05) is 10.9 Å². The van der Waals surface area contributed by atoms with Crippen LogP contribution in [-0.4, -0.2) is 34.2 Å². The zero-order valence-electron chi connectivity index (χ0n) is 12.1. The molecule has 0 spiro atoms. The fourth-order valence-corrected chi connectivity index (χ4v) is 2.01. The zero-order chi connectivity index (χ0) is 15.8. The summed E-state index contributed by atoms with van der Waals surface area (Å²) in [6.45, 7) is 4.35. The minimum Gasteiger partial charge on any atom is -0.479 e. The number of amides is 1. The Morgan fingerprint density at radius 2 is 2.00 bits per heavy atom. The van der Waals surface area contributed by atoms with Gasteiger partial charge in [0.1, 0.15) is 5.58 Å². The number of carboxylic acid groups (broad SMARTS) is 1. The van der Waals surface area contributed by atoms with Crippen molar-refractivity contribution in [3.05, 3.63) is 35.1 Å². The Balaban J connectivity index is 2.27. The van der Waals surface area contributed by atoms with Crippen molar-refractivity contribution in [3.63, 3.8) is 0 Å². The lowest BCUT2D eigenvalue weighted by atomic mass is 10.1. The highest BCUT2D eigenvalue weighted by Gasteiger charge is 2.31. The minimum absolute atomic E-state index is 0.125. The Hall–Kier alpha value is -2.34. The van der Waals surface area contributed by atoms with Crippen molar-refractivity contribution in [3.8, 4) is 0 Å². The third kappa shape index (κ3) is 2.75. The van der Waals surface area contributed by atoms with E-state index in [1.807, 2.05) is 25.1 Å². The Morgan fingerprint density at radius 3 is 2.57 bits per heavy atom. The van der Waals surface area contributed by atoms with E-state index in [1.54, 1.807) is 6.92 Å². The number of hydrogen-bond donors (Lipinski definition) is 3. The van der Waals surface area contributed by atoms with Crippen LogP contribution < -0.4 is 5.32 Å². The summed E-state index contributed by atoms with van der Waals surface area (Å²) in [6.07, 6.45) is 0. The first-order valence-corrected chi connectivity index (χ1v) is 6.46. The van der Waals surface area contributed by atoms with E-state index in [1.165, 1.54) is 0 Å². The number of aliphatic hydroxyl groups is 1. The van der Waals surface area contributed by atoms with Crippen LogP contribution in [0, 0.1) is 13.8 Å². The van der Waals surface area contributed by atoms with E-state index in [4.69, 9.17) is 9.52 Å². The van der Waals surface area contributed by atoms with E-state index in [-0.39, 0.29) is 5.76 Å². The molecule has 6 nitrogen and oxygen atoms in total. The molecule has 21 heavy (non-hydrogen) atoms. The summed E-state index contributed by atoms with van der Waals surface area (Å²) < 4.78 is 5.58. The molecule has 0 aliphatic rings. The molecular weight excluding hydrogens is 274 g/mol. The van der Waals surface area contributed by atoms with Gasteiger partial charge in [-0.25, -0.2) is 4.79 Å². The second-order valence-corrected chi connectivity index (χ2v) is 5.27. The number of carboxylic acids is 1. The lowest BCUT2D eigenvalue weighted by molar-refractivity contribution is -0.155. The first-order chi connectivity index (χ1) is 9.74. The van der Waals surface area contributed by atoms with Crippen molar-refractivity contribution in [1.29, 1.82) is 0 Å². The SMILES string of the molecule is Cc1c(C(=O)NCC(C)(O)C(=O)O)oc2c(C)cccc12. The average molecular weight is 291 g/mol. The summed E-state index contributed by atoms with van der Waals surface area (Å²) in [4.78, 5) is 22.9. The number of nitrogens with one attached hydrogen (secondary N) is 1. The van der Waals surface area contributed by atoms with Crippen LogP contribution in [-0.2, 0) is 4.79 Å². The topological polar surface area (TPSA) is 99.8 Å². The number of aliphatic carboxylic acids is 1. The number of rotatable bonds is 4. The van der Waals surface area contributed by atoms with E-state index in [0.29, 0.717) is 11.1 Å². The monoisotopic (exact) mass is 291 g/mol. The molecule has 1 atom stereocenters. The van der Waals surface area contributed by atoms with Crippen molar-refractivity contribution in [2.75, 3.05) is 6.54 Å². The van der Waals surface area contributed by atoms with Gasteiger partial charge in [-0.1, -0.05) is 18.2 Å². The third-order valence-electron chi connectivity index (χ3n) is 3.42. The molecule has 2 rings (SSSR count). The summed E-state index contributed by atoms with van der Waals surface area (Å²) >= 11 is 0. The first kappa shape index (κ1) is 15.1. The number of carbonyl (C=O) groups is 2. The first-order valence-electron chi connectivity index (χ1n) is 6.46. The summed E-state index contributed by atoms with van der Waals surface area (Å²) in [7, 11) is 0. The molecule has 1 aromatic carbocycles. The van der Waals surface area contributed by atoms with Crippen LogP contribution >= 0.6 is 0 Å². The van der Waals surface area contributed by atoms with E-state index in [2.05, 4.69) is 5.32 Å². The van der Waals surface area contributed by atoms with Gasteiger partial charge in [0.2, 0.25) is 0 Å². The van der Waals surface area contributed by atoms with Crippen LogP contribution in [0.25, 0.3) is 11.0 Å². The molecule has 1 amide bonds. The van der Waals surface area contributed by atoms with Crippen molar-refractivity contribution < 1.29 is 24.2 Å². The normalized spacial score (nSPS) is 13.9. The van der Waals surface area contributed by atoms with Gasteiger partial charge in [0.15, 0.2) is 11.4 Å². The summed E-state index contributed by atoms with van der Waals surface area (Å²) in [5.74, 6) is -1.83. The van der Waals surface area contributed by atoms with Gasteiger partial charge >= 0.3 is 5.97 Å². The predicted octanol–water partition coefficient (Wildman–Crippen LogP) is 1.62. The van der Waals surface area contributed by atoms with Crippen LogP contribution in [0.5, 0.6) is 0 Å². The van der Waals surface area contributed by atoms with Crippen LogP contribution in [0.3, 0.4) is 0 Å². The summed E-state index contributed by atoms with van der Waals surface area (Å²) in [5, 5.41) is 21.6. The highest BCUT2D eigenvalue weighted by Crippen LogP contribution is 2.27. The van der Waals surface area contributed by atoms with E-state index in [0.717, 1.165) is 17.9 Å². The van der Waals surface area contributed by atoms with Crippen molar-refractivity contribution >= 4 is 22.8 Å². The van der Waals surface area contributed by atoms with Gasteiger partial charge in [-0.15, -0.1) is 0 Å². The van der Waals surface area contributed by atoms with Gasteiger partial charge in [-0.05, 0) is 26.3 Å². The van der Waals surface area contributed by atoms with Crippen molar-refractivity contribution in [2.24, 2.45) is 0 Å². The molecular formula is C15H17NO5. The number of aryl methyl sites for hydroxylation is 2. The molecule has 0 aliphatic carbocycles. The van der Waals surface area contributed by atoms with Gasteiger partial charge in [-0.2, -0.15) is 0 Å². The molecule has 0 bridgehead atoms. The highest BCUT2D eigenvalue weighted by molar-refractivity contribution is 5.99. The largest absolute Gasteiger partial charge is 0.479 e. The Labute approximate surface area is 121 Å². The maximum atomic E-state index is 12.1. The summed E-state index contributed by atoms with van der Waals surface area (Å²) in [6, 6.07) is 5.60. The number of benzene rings is 1. The van der Waals surface area contributed by atoms with Gasteiger partial charge in [0.25, 0.3) is 5.91 Å². The van der Waals surface area contributed by atoms with E-state index in [9.17, 15) is 14.7 Å². The molecule has 0 fully saturated rings. The molecule has 0 saturated carbocycles. The Morgan fingerprint density at radius 1 is 1.33 bits per heavy atom. The number of carbonyl (C=O) groups excluding carboxylic acids is 1. The maximum absolute atomic E-state index is 12.1. The zero-order valence-corrected chi connectivity index (χ0v) is 12.1. The highest BCUT2D eigenvalue weighted by atomic mass is 16.4. The number of para-hydroxylation sites is 1. The average Bonchev–Trinajstić information content (AvgIpc) is 2.75. The molecule has 3 N–H and O–H groups in total. The lowest BCUT2D eigenvalue weighted by Crippen LogP contribution is -2.46. The van der Waals surface area contributed by atoms with Crippen LogP contribution in [0.15, 0.2) is 22.6 Å². The van der Waals surface area contributed by atoms with E-state index >= 15 is 0 Å². The smallest absolute Gasteiger partial charge is 0.337 e. The number of fused-ring (bicyclic) bond motifs is 1. The van der Waals surface area contributed by atoms with Crippen molar-refractivity contribution in [2.45, 2.75) is 26.4 Å². The molecule has 112 valence electrons. The molecule has 0 aliphatic heterocycles. The second kappa shape index (κ2) is 5.21. The molecule has 0 radical (unpaired) electrons. The second-order valence-electron chi connectivity index (χ2n) is 5.27. The van der Waals surface area contributed by atoms with Crippen LogP contribution in [0.2, 0.25) is 0 Å². The fourth-order valence-electron chi connectivity index (χ4n) is 2.01. The molecule has 1 unspecified atom stereocenters. The standard InChI is InChI=1S/C15H17NO5/c1-8-5-4-6-10-9(2)12(21-11(8)10)13(17)16-7-15(3,20)14(18)19/h4-6,20H,7H2,1-3H3,(H,16,17)(H,18,19). The van der Waals surface area contributed by atoms with E-state index < -0.39 is 24.0 Å². The third-order valence-corrected chi connectivity index (χ3v) is 3.42. The van der Waals surface area contributed by atoms with Gasteiger partial charge in [0.05, 0.1) is 6.54 Å². The maximum Gasteiger partial charge on any atom is 0.337 e. The number of hydrogen-bond acceptors (Lipinski definition) is 4. The molecule has 2 aromatic rings. The van der Waals surface area contributed by atoms with Crippen molar-refractivity contribution in [1.82, 2.24) is 5.32 Å². The molecule has 0 saturated heterocycles. The molecule has 6 heteroatoms. The predicted molar refractivity (Wildman–Crippen MR) is 76.3 cm³/mol. The van der Waals surface area contributed by atoms with Gasteiger partial charge < -0.3 is 19.9 Å². The Bertz CT molecular complexity index is 714. The molecule has 1 heterocycles. The minimum atomic E-state index is -2.02.